The number of thioether (sulfide) groups is 1. The average Bonchev–Trinajstić information content (AvgIpc) is 3.19. The van der Waals surface area contributed by atoms with E-state index < -0.39 is 0 Å². The second-order valence-electron chi connectivity index (χ2n) is 7.73. The number of aliphatic imine (C=N–C) groups is 1. The Hall–Kier alpha value is -2.88. The summed E-state index contributed by atoms with van der Waals surface area (Å²) in [5.74, 6) is 1.17. The Kier molecular flexibility index (Phi) is 6.78. The zero-order valence-corrected chi connectivity index (χ0v) is 19.2. The smallest absolute Gasteiger partial charge is 0.234 e. The minimum atomic E-state index is -0.238. The van der Waals surface area contributed by atoms with Crippen LogP contribution in [0.1, 0.15) is 19.4 Å². The zero-order valence-electron chi connectivity index (χ0n) is 18.4. The molecular weight excluding hydrogens is 424 g/mol. The monoisotopic (exact) mass is 452 g/mol. The average molecular weight is 453 g/mol. The lowest BCUT2D eigenvalue weighted by Gasteiger charge is -2.35. The van der Waals surface area contributed by atoms with Gasteiger partial charge in [-0.15, -0.1) is 0 Å². The van der Waals surface area contributed by atoms with Gasteiger partial charge >= 0.3 is 0 Å². The van der Waals surface area contributed by atoms with Gasteiger partial charge in [-0.2, -0.15) is 0 Å². The standard InChI is InChI=1S/C23H28N6O2S/c1-4-15-7-5-6-8-18(15)25-19(30)13-32-23-26-22-20(14(2)27-28-22)21(24)29(23)16-9-11-17(31-3)12-10-16/h5-12,14,20,22,24,27-28H,4,13H2,1-3H3,(H,25,30). The van der Waals surface area contributed by atoms with Crippen molar-refractivity contribution in [3.8, 4) is 5.75 Å². The van der Waals surface area contributed by atoms with Crippen LogP contribution in [0.5, 0.6) is 5.75 Å². The van der Waals surface area contributed by atoms with Gasteiger partial charge in [0.05, 0.1) is 18.8 Å². The van der Waals surface area contributed by atoms with Crippen molar-refractivity contribution in [2.45, 2.75) is 32.5 Å². The Morgan fingerprint density at radius 2 is 1.97 bits per heavy atom. The number of ether oxygens (including phenoxy) is 1. The van der Waals surface area contributed by atoms with E-state index in [0.717, 1.165) is 29.1 Å². The third kappa shape index (κ3) is 4.50. The molecule has 2 aliphatic heterocycles. The largest absolute Gasteiger partial charge is 0.497 e. The van der Waals surface area contributed by atoms with Gasteiger partial charge in [0.15, 0.2) is 5.17 Å². The van der Waals surface area contributed by atoms with E-state index >= 15 is 0 Å². The number of carbonyl (C=O) groups excluding carboxylic acids is 1. The van der Waals surface area contributed by atoms with Crippen LogP contribution in [0.4, 0.5) is 11.4 Å². The molecule has 1 saturated heterocycles. The van der Waals surface area contributed by atoms with Gasteiger partial charge in [0.25, 0.3) is 0 Å². The molecule has 1 fully saturated rings. The molecule has 2 heterocycles. The molecule has 3 atom stereocenters. The van der Waals surface area contributed by atoms with E-state index in [1.165, 1.54) is 11.8 Å². The van der Waals surface area contributed by atoms with Gasteiger partial charge in [0, 0.05) is 17.4 Å². The molecule has 4 rings (SSSR count). The summed E-state index contributed by atoms with van der Waals surface area (Å²) in [5, 5.41) is 12.5. The van der Waals surface area contributed by atoms with E-state index in [1.54, 1.807) is 7.11 Å². The minimum Gasteiger partial charge on any atom is -0.497 e. The number of hydrazine groups is 1. The highest BCUT2D eigenvalue weighted by molar-refractivity contribution is 8.14. The summed E-state index contributed by atoms with van der Waals surface area (Å²) in [6.45, 7) is 4.10. The Morgan fingerprint density at radius 3 is 2.69 bits per heavy atom. The number of carbonyl (C=O) groups is 1. The van der Waals surface area contributed by atoms with Crippen molar-refractivity contribution in [1.29, 1.82) is 5.41 Å². The van der Waals surface area contributed by atoms with E-state index in [2.05, 4.69) is 23.1 Å². The number of para-hydroxylation sites is 1. The maximum Gasteiger partial charge on any atom is 0.234 e. The number of fused-ring (bicyclic) bond motifs is 1. The molecule has 2 aromatic carbocycles. The highest BCUT2D eigenvalue weighted by Gasteiger charge is 2.43. The molecule has 0 spiro atoms. The molecule has 3 unspecified atom stereocenters. The van der Waals surface area contributed by atoms with Gasteiger partial charge in [0.2, 0.25) is 5.91 Å². The Balaban J connectivity index is 1.54. The minimum absolute atomic E-state index is 0.0670. The topological polar surface area (TPSA) is 102 Å². The molecule has 0 radical (unpaired) electrons. The number of nitrogens with one attached hydrogen (secondary N) is 4. The fraction of sp³-hybridized carbons (Fsp3) is 0.348. The lowest BCUT2D eigenvalue weighted by Crippen LogP contribution is -2.50. The van der Waals surface area contributed by atoms with Crippen molar-refractivity contribution in [3.63, 3.8) is 0 Å². The first-order chi connectivity index (χ1) is 15.5. The van der Waals surface area contributed by atoms with E-state index in [0.29, 0.717) is 11.0 Å². The number of aryl methyl sites for hydroxylation is 1. The lowest BCUT2D eigenvalue weighted by molar-refractivity contribution is -0.113. The van der Waals surface area contributed by atoms with Gasteiger partial charge in [-0.05, 0) is 49.2 Å². The van der Waals surface area contributed by atoms with Gasteiger partial charge in [-0.25, -0.2) is 10.4 Å². The predicted molar refractivity (Wildman–Crippen MR) is 131 cm³/mol. The lowest BCUT2D eigenvalue weighted by atomic mass is 9.97. The number of methoxy groups -OCH3 is 1. The van der Waals surface area contributed by atoms with Crippen molar-refractivity contribution >= 4 is 40.0 Å². The maximum absolute atomic E-state index is 12.7. The number of anilines is 2. The molecule has 1 amide bonds. The van der Waals surface area contributed by atoms with Crippen LogP contribution < -0.4 is 25.8 Å². The van der Waals surface area contributed by atoms with Crippen molar-refractivity contribution in [2.24, 2.45) is 10.9 Å². The Morgan fingerprint density at radius 1 is 1.22 bits per heavy atom. The van der Waals surface area contributed by atoms with Crippen LogP contribution in [0.2, 0.25) is 0 Å². The Labute approximate surface area is 192 Å². The zero-order chi connectivity index (χ0) is 22.7. The van der Waals surface area contributed by atoms with Crippen LogP contribution in [0.15, 0.2) is 53.5 Å². The summed E-state index contributed by atoms with van der Waals surface area (Å²) >= 11 is 1.33. The van der Waals surface area contributed by atoms with Crippen LogP contribution in [0.25, 0.3) is 0 Å². The number of hydrogen-bond acceptors (Lipinski definition) is 7. The summed E-state index contributed by atoms with van der Waals surface area (Å²) in [5.41, 5.74) is 9.09. The quantitative estimate of drug-likeness (QED) is 0.537. The number of amides is 1. The third-order valence-corrected chi connectivity index (χ3v) is 6.62. The molecule has 0 bridgehead atoms. The highest BCUT2D eigenvalue weighted by atomic mass is 32.2. The molecule has 2 aromatic rings. The second-order valence-corrected chi connectivity index (χ2v) is 8.67. The van der Waals surface area contributed by atoms with Gasteiger partial charge in [-0.1, -0.05) is 36.9 Å². The van der Waals surface area contributed by atoms with Crippen molar-refractivity contribution < 1.29 is 9.53 Å². The molecule has 9 heteroatoms. The fourth-order valence-corrected chi connectivity index (χ4v) is 4.80. The number of rotatable bonds is 6. The van der Waals surface area contributed by atoms with E-state index in [9.17, 15) is 4.79 Å². The highest BCUT2D eigenvalue weighted by Crippen LogP contribution is 2.32. The predicted octanol–water partition coefficient (Wildman–Crippen LogP) is 3.22. The van der Waals surface area contributed by atoms with Crippen LogP contribution in [0.3, 0.4) is 0 Å². The maximum atomic E-state index is 12.7. The first kappa shape index (κ1) is 22.3. The van der Waals surface area contributed by atoms with Crippen LogP contribution in [-0.2, 0) is 11.2 Å². The molecular formula is C23H28N6O2S. The molecule has 168 valence electrons. The number of hydrogen-bond donors (Lipinski definition) is 4. The van der Waals surface area contributed by atoms with Crippen LogP contribution in [0, 0.1) is 11.3 Å². The first-order valence-electron chi connectivity index (χ1n) is 10.6. The van der Waals surface area contributed by atoms with E-state index in [-0.39, 0.29) is 29.8 Å². The van der Waals surface area contributed by atoms with Crippen LogP contribution in [-0.4, -0.2) is 42.0 Å². The first-order valence-corrected chi connectivity index (χ1v) is 11.6. The van der Waals surface area contributed by atoms with Gasteiger partial charge in [-0.3, -0.25) is 20.5 Å². The van der Waals surface area contributed by atoms with Crippen molar-refractivity contribution in [1.82, 2.24) is 10.9 Å². The number of amidine groups is 2. The summed E-state index contributed by atoms with van der Waals surface area (Å²) in [4.78, 5) is 19.4. The van der Waals surface area contributed by atoms with E-state index in [4.69, 9.17) is 15.1 Å². The fourth-order valence-electron chi connectivity index (χ4n) is 3.95. The summed E-state index contributed by atoms with van der Waals surface area (Å²) in [6, 6.07) is 15.4. The SMILES string of the molecule is CCc1ccccc1NC(=O)CSC1=NC2NNC(C)C2C(=N)N1c1ccc(OC)cc1. The van der Waals surface area contributed by atoms with Gasteiger partial charge < -0.3 is 10.1 Å². The summed E-state index contributed by atoms with van der Waals surface area (Å²) in [7, 11) is 1.62. The van der Waals surface area contributed by atoms with Crippen molar-refractivity contribution in [2.75, 3.05) is 23.1 Å². The number of benzene rings is 2. The normalized spacial score (nSPS) is 22.3. The molecule has 0 aliphatic carbocycles. The summed E-state index contributed by atoms with van der Waals surface area (Å²) < 4.78 is 5.27. The molecule has 0 saturated carbocycles. The molecule has 0 aromatic heterocycles. The molecule has 8 nitrogen and oxygen atoms in total. The molecule has 2 aliphatic rings. The van der Waals surface area contributed by atoms with Gasteiger partial charge in [0.1, 0.15) is 17.8 Å². The van der Waals surface area contributed by atoms with Crippen LogP contribution >= 0.6 is 11.8 Å². The summed E-state index contributed by atoms with van der Waals surface area (Å²) in [6.07, 6.45) is 0.608. The molecule has 4 N–H and O–H groups in total. The van der Waals surface area contributed by atoms with Crippen molar-refractivity contribution in [3.05, 3.63) is 54.1 Å². The third-order valence-electron chi connectivity index (χ3n) is 5.67. The van der Waals surface area contributed by atoms with E-state index in [1.807, 2.05) is 60.4 Å². The molecule has 32 heavy (non-hydrogen) atoms. The number of nitrogens with zero attached hydrogens (tertiary/aromatic N) is 2. The Bertz CT molecular complexity index is 1030. The second kappa shape index (κ2) is 9.72.